The molecule has 0 saturated carbocycles. The number of urea groups is 1. The van der Waals surface area contributed by atoms with Crippen molar-refractivity contribution in [2.45, 2.75) is 0 Å². The Balaban J connectivity index is 1.67. The van der Waals surface area contributed by atoms with E-state index in [1.54, 1.807) is 0 Å². The van der Waals surface area contributed by atoms with Gasteiger partial charge >= 0.3 is 11.9 Å². The van der Waals surface area contributed by atoms with Gasteiger partial charge in [-0.1, -0.05) is 11.6 Å². The maximum atomic E-state index is 12.3. The number of nitro groups is 1. The zero-order valence-corrected chi connectivity index (χ0v) is 14.3. The van der Waals surface area contributed by atoms with Crippen LogP contribution in [0.15, 0.2) is 45.9 Å². The first-order valence-corrected chi connectivity index (χ1v) is 7.92. The number of hydrazone groups is 1. The van der Waals surface area contributed by atoms with Gasteiger partial charge in [0, 0.05) is 10.6 Å². The largest absolute Gasteiger partial charge is 0.433 e. The van der Waals surface area contributed by atoms with Crippen LogP contribution in [0.1, 0.15) is 16.1 Å². The smallest absolute Gasteiger partial charge is 0.400 e. The van der Waals surface area contributed by atoms with E-state index < -0.39 is 35.1 Å². The van der Waals surface area contributed by atoms with Gasteiger partial charge in [0.2, 0.25) is 0 Å². The Kier molecular flexibility index (Phi) is 4.99. The summed E-state index contributed by atoms with van der Waals surface area (Å²) in [6.45, 7) is -0.788. The van der Waals surface area contributed by atoms with E-state index in [1.807, 2.05) is 0 Å². The van der Waals surface area contributed by atoms with Crippen LogP contribution in [0.5, 0.6) is 0 Å². The standard InChI is InChI=1S/C16H11ClN4O6/c17-11-3-1-10(2-4-11)13(22)8-19-14(23)9-20(16(19)24)18-7-12-5-6-15(27-12)21(25)26/h1-7H,8-9H2/b18-7+. The van der Waals surface area contributed by atoms with Gasteiger partial charge in [-0.05, 0) is 30.3 Å². The predicted molar refractivity (Wildman–Crippen MR) is 92.6 cm³/mol. The molecule has 0 aliphatic carbocycles. The summed E-state index contributed by atoms with van der Waals surface area (Å²) < 4.78 is 4.88. The number of furan rings is 1. The molecule has 0 radical (unpaired) electrons. The van der Waals surface area contributed by atoms with E-state index in [9.17, 15) is 24.5 Å². The van der Waals surface area contributed by atoms with Gasteiger partial charge in [0.1, 0.15) is 11.5 Å². The fraction of sp³-hybridized carbons (Fsp3) is 0.125. The third-order valence-corrected chi connectivity index (χ3v) is 3.87. The molecule has 0 spiro atoms. The number of Topliss-reactive ketones (excluding diaryl/α,β-unsaturated/α-hetero) is 1. The summed E-state index contributed by atoms with van der Waals surface area (Å²) in [4.78, 5) is 47.2. The molecule has 0 bridgehead atoms. The van der Waals surface area contributed by atoms with Gasteiger partial charge in [0.05, 0.1) is 18.8 Å². The zero-order valence-electron chi connectivity index (χ0n) is 13.6. The summed E-state index contributed by atoms with van der Waals surface area (Å²) in [7, 11) is 0. The van der Waals surface area contributed by atoms with Crippen molar-refractivity contribution < 1.29 is 23.7 Å². The highest BCUT2D eigenvalue weighted by molar-refractivity contribution is 6.30. The van der Waals surface area contributed by atoms with Gasteiger partial charge in [0.25, 0.3) is 5.91 Å². The minimum atomic E-state index is -0.778. The fourth-order valence-corrected chi connectivity index (χ4v) is 2.41. The number of rotatable bonds is 6. The van der Waals surface area contributed by atoms with E-state index in [0.717, 1.165) is 22.2 Å². The Hall–Kier alpha value is -3.53. The molecule has 1 aliphatic rings. The van der Waals surface area contributed by atoms with Crippen LogP contribution in [0, 0.1) is 10.1 Å². The second-order valence-corrected chi connectivity index (χ2v) is 5.86. The summed E-state index contributed by atoms with van der Waals surface area (Å²) >= 11 is 5.76. The normalized spacial score (nSPS) is 14.4. The molecule has 3 rings (SSSR count). The summed E-state index contributed by atoms with van der Waals surface area (Å²) in [6.07, 6.45) is 1.07. The lowest BCUT2D eigenvalue weighted by molar-refractivity contribution is -0.402. The number of ketones is 1. The quantitative estimate of drug-likeness (QED) is 0.245. The molecular weight excluding hydrogens is 380 g/mol. The summed E-state index contributed by atoms with van der Waals surface area (Å²) in [5, 5.41) is 15.6. The van der Waals surface area contributed by atoms with E-state index >= 15 is 0 Å². The monoisotopic (exact) mass is 390 g/mol. The highest BCUT2D eigenvalue weighted by atomic mass is 35.5. The van der Waals surface area contributed by atoms with Gasteiger partial charge in [-0.2, -0.15) is 5.10 Å². The molecule has 1 saturated heterocycles. The van der Waals surface area contributed by atoms with Crippen LogP contribution in [0.2, 0.25) is 5.02 Å². The summed E-state index contributed by atoms with van der Waals surface area (Å²) in [5.41, 5.74) is 0.310. The molecule has 0 N–H and O–H groups in total. The lowest BCUT2D eigenvalue weighted by Gasteiger charge is -2.13. The first-order valence-electron chi connectivity index (χ1n) is 7.54. The van der Waals surface area contributed by atoms with E-state index in [4.69, 9.17) is 16.0 Å². The van der Waals surface area contributed by atoms with Crippen molar-refractivity contribution in [3.63, 3.8) is 0 Å². The molecular formula is C16H11ClN4O6. The van der Waals surface area contributed by atoms with Gasteiger partial charge < -0.3 is 4.42 Å². The van der Waals surface area contributed by atoms with Crippen LogP contribution >= 0.6 is 11.6 Å². The molecule has 1 aliphatic heterocycles. The third-order valence-electron chi connectivity index (χ3n) is 3.62. The minimum absolute atomic E-state index is 0.0395. The number of benzene rings is 1. The van der Waals surface area contributed by atoms with Gasteiger partial charge in [-0.3, -0.25) is 24.6 Å². The van der Waals surface area contributed by atoms with Crippen LogP contribution in [-0.4, -0.2) is 51.9 Å². The zero-order chi connectivity index (χ0) is 19.6. The molecule has 2 aromatic rings. The van der Waals surface area contributed by atoms with Crippen molar-refractivity contribution in [3.05, 3.63) is 62.9 Å². The lowest BCUT2D eigenvalue weighted by Crippen LogP contribution is -2.36. The molecule has 1 fully saturated rings. The van der Waals surface area contributed by atoms with Crippen LogP contribution in [-0.2, 0) is 4.79 Å². The van der Waals surface area contributed by atoms with E-state index in [0.29, 0.717) is 10.6 Å². The molecule has 3 amide bonds. The van der Waals surface area contributed by atoms with Crippen molar-refractivity contribution in [3.8, 4) is 0 Å². The van der Waals surface area contributed by atoms with Crippen molar-refractivity contribution in [1.29, 1.82) is 0 Å². The van der Waals surface area contributed by atoms with Gasteiger partial charge in [0.15, 0.2) is 11.5 Å². The second kappa shape index (κ2) is 7.38. The van der Waals surface area contributed by atoms with E-state index in [1.165, 1.54) is 30.3 Å². The van der Waals surface area contributed by atoms with Crippen LogP contribution in [0.25, 0.3) is 0 Å². The molecule has 10 nitrogen and oxygen atoms in total. The van der Waals surface area contributed by atoms with Crippen molar-refractivity contribution in [2.24, 2.45) is 5.10 Å². The summed E-state index contributed by atoms with van der Waals surface area (Å²) in [6, 6.07) is 7.70. The molecule has 0 unspecified atom stereocenters. The number of hydrogen-bond donors (Lipinski definition) is 0. The predicted octanol–water partition coefficient (Wildman–Crippen LogP) is 2.32. The maximum absolute atomic E-state index is 12.3. The van der Waals surface area contributed by atoms with Gasteiger partial charge in [-0.15, -0.1) is 0 Å². The Morgan fingerprint density at radius 1 is 1.26 bits per heavy atom. The highest BCUT2D eigenvalue weighted by Gasteiger charge is 2.37. The SMILES string of the molecule is O=C(CN1C(=O)CN(/N=C/c2ccc([N+](=O)[O-])o2)C1=O)c1ccc(Cl)cc1. The van der Waals surface area contributed by atoms with Crippen LogP contribution in [0.4, 0.5) is 10.7 Å². The summed E-state index contributed by atoms with van der Waals surface area (Å²) in [5.74, 6) is -1.46. The highest BCUT2D eigenvalue weighted by Crippen LogP contribution is 2.16. The molecule has 0 atom stereocenters. The molecule has 2 heterocycles. The Morgan fingerprint density at radius 2 is 1.96 bits per heavy atom. The minimum Gasteiger partial charge on any atom is -0.400 e. The first kappa shape index (κ1) is 18.3. The number of hydrogen-bond acceptors (Lipinski definition) is 7. The van der Waals surface area contributed by atoms with Crippen LogP contribution < -0.4 is 0 Å². The Labute approximate surface area is 156 Å². The average Bonchev–Trinajstić information content (AvgIpc) is 3.21. The number of nitrogens with zero attached hydrogens (tertiary/aromatic N) is 4. The number of imide groups is 1. The molecule has 138 valence electrons. The number of carbonyl (C=O) groups excluding carboxylic acids is 3. The van der Waals surface area contributed by atoms with E-state index in [-0.39, 0.29) is 12.3 Å². The molecule has 11 heteroatoms. The lowest BCUT2D eigenvalue weighted by atomic mass is 10.1. The molecule has 27 heavy (non-hydrogen) atoms. The maximum Gasteiger partial charge on any atom is 0.433 e. The average molecular weight is 391 g/mol. The van der Waals surface area contributed by atoms with E-state index in [2.05, 4.69) is 5.10 Å². The van der Waals surface area contributed by atoms with Gasteiger partial charge in [-0.25, -0.2) is 9.80 Å². The van der Waals surface area contributed by atoms with Crippen molar-refractivity contribution in [1.82, 2.24) is 9.91 Å². The van der Waals surface area contributed by atoms with Crippen molar-refractivity contribution in [2.75, 3.05) is 13.1 Å². The molecule has 1 aromatic heterocycles. The first-order chi connectivity index (χ1) is 12.8. The Bertz CT molecular complexity index is 952. The molecule has 1 aromatic carbocycles. The Morgan fingerprint density at radius 3 is 2.59 bits per heavy atom. The fourth-order valence-electron chi connectivity index (χ4n) is 2.28. The van der Waals surface area contributed by atoms with Crippen molar-refractivity contribution >= 4 is 41.4 Å². The second-order valence-electron chi connectivity index (χ2n) is 5.43. The number of amides is 3. The van der Waals surface area contributed by atoms with Crippen LogP contribution in [0.3, 0.4) is 0 Å². The number of carbonyl (C=O) groups is 3. The number of halogens is 1. The topological polar surface area (TPSA) is 126 Å². The third kappa shape index (κ3) is 4.01.